The van der Waals surface area contributed by atoms with Gasteiger partial charge in [0.05, 0.1) is 33.4 Å². The lowest BCUT2D eigenvalue weighted by molar-refractivity contribution is -0.530. The predicted octanol–water partition coefficient (Wildman–Crippen LogP) is 2.79. The molecule has 0 spiro atoms. The molecule has 0 amide bonds. The molecule has 25 heavy (non-hydrogen) atoms. The van der Waals surface area contributed by atoms with Crippen molar-refractivity contribution in [3.63, 3.8) is 0 Å². The van der Waals surface area contributed by atoms with Crippen LogP contribution in [0.4, 0.5) is 0 Å². The number of esters is 1. The fraction of sp³-hybridized carbons (Fsp3) is 0.588. The number of carbonyl (C=O) groups excluding carboxylic acids is 1. The predicted molar refractivity (Wildman–Crippen MR) is 87.9 cm³/mol. The number of hydrogen-bond acceptors (Lipinski definition) is 7. The third-order valence-electron chi connectivity index (χ3n) is 3.92. The van der Waals surface area contributed by atoms with Crippen molar-refractivity contribution in [2.45, 2.75) is 38.5 Å². The van der Waals surface area contributed by atoms with Gasteiger partial charge < -0.3 is 18.9 Å². The molecular formula is C17H23NO7. The van der Waals surface area contributed by atoms with E-state index in [1.807, 2.05) is 0 Å². The molecule has 0 N–H and O–H groups in total. The fourth-order valence-electron chi connectivity index (χ4n) is 2.72. The lowest BCUT2D eigenvalue weighted by Gasteiger charge is -2.26. The van der Waals surface area contributed by atoms with E-state index in [-0.39, 0.29) is 19.4 Å². The van der Waals surface area contributed by atoms with Crippen LogP contribution in [-0.2, 0) is 19.0 Å². The van der Waals surface area contributed by atoms with E-state index in [9.17, 15) is 14.9 Å². The molecule has 1 aliphatic heterocycles. The number of carbonyl (C=O) groups is 1. The second-order valence-corrected chi connectivity index (χ2v) is 5.57. The lowest BCUT2D eigenvalue weighted by Crippen LogP contribution is -2.22. The first-order valence-corrected chi connectivity index (χ1v) is 8.27. The molecular weight excluding hydrogens is 330 g/mol. The molecule has 0 bridgehead atoms. The molecule has 1 aromatic rings. The summed E-state index contributed by atoms with van der Waals surface area (Å²) >= 11 is 0. The summed E-state index contributed by atoms with van der Waals surface area (Å²) in [6.45, 7) is 2.99. The van der Waals surface area contributed by atoms with E-state index in [1.54, 1.807) is 25.1 Å². The van der Waals surface area contributed by atoms with Crippen molar-refractivity contribution >= 4 is 5.97 Å². The minimum atomic E-state index is -1.06. The zero-order valence-electron chi connectivity index (χ0n) is 14.4. The van der Waals surface area contributed by atoms with Crippen LogP contribution in [0.3, 0.4) is 0 Å². The highest BCUT2D eigenvalue weighted by molar-refractivity contribution is 5.69. The van der Waals surface area contributed by atoms with Gasteiger partial charge in [-0.2, -0.15) is 0 Å². The van der Waals surface area contributed by atoms with Crippen LogP contribution in [0.2, 0.25) is 0 Å². The van der Waals surface area contributed by atoms with Crippen molar-refractivity contribution < 1.29 is 28.7 Å². The maximum Gasteiger partial charge on any atom is 0.306 e. The molecule has 0 aromatic heterocycles. The molecule has 1 saturated heterocycles. The van der Waals surface area contributed by atoms with E-state index < -0.39 is 23.2 Å². The Labute approximate surface area is 146 Å². The first kappa shape index (κ1) is 19.1. The van der Waals surface area contributed by atoms with Crippen LogP contribution in [0.15, 0.2) is 18.2 Å². The van der Waals surface area contributed by atoms with E-state index in [4.69, 9.17) is 18.9 Å². The maximum absolute atomic E-state index is 11.6. The molecule has 0 saturated carbocycles. The molecule has 1 heterocycles. The van der Waals surface area contributed by atoms with Crippen molar-refractivity contribution in [2.24, 2.45) is 0 Å². The first-order chi connectivity index (χ1) is 12.1. The summed E-state index contributed by atoms with van der Waals surface area (Å²) in [5.74, 6) is 0.110. The Hall–Kier alpha value is -2.19. The molecule has 8 heteroatoms. The highest BCUT2D eigenvalue weighted by atomic mass is 16.7. The Balaban J connectivity index is 2.28. The van der Waals surface area contributed by atoms with Crippen LogP contribution in [0.25, 0.3) is 0 Å². The fourth-order valence-corrected chi connectivity index (χ4v) is 2.72. The van der Waals surface area contributed by atoms with E-state index in [1.165, 1.54) is 7.11 Å². The summed E-state index contributed by atoms with van der Waals surface area (Å²) in [5, 5.41) is 11.6. The summed E-state index contributed by atoms with van der Waals surface area (Å²) in [7, 11) is 1.52. The van der Waals surface area contributed by atoms with Crippen molar-refractivity contribution in [3.8, 4) is 5.75 Å². The quantitative estimate of drug-likeness (QED) is 0.403. The molecule has 1 unspecified atom stereocenters. The Kier molecular flexibility index (Phi) is 7.15. The van der Waals surface area contributed by atoms with Gasteiger partial charge in [-0.25, -0.2) is 0 Å². The van der Waals surface area contributed by atoms with E-state index >= 15 is 0 Å². The Morgan fingerprint density at radius 1 is 1.40 bits per heavy atom. The molecule has 0 aliphatic carbocycles. The molecule has 8 nitrogen and oxygen atoms in total. The second-order valence-electron chi connectivity index (χ2n) is 5.57. The number of nitro groups is 1. The minimum Gasteiger partial charge on any atom is -0.497 e. The number of methoxy groups -OCH3 is 1. The monoisotopic (exact) mass is 353 g/mol. The molecule has 1 fully saturated rings. The lowest BCUT2D eigenvalue weighted by atomic mass is 9.96. The Bertz CT molecular complexity index is 599. The molecule has 0 radical (unpaired) electrons. The number of ether oxygens (including phenoxy) is 4. The normalized spacial score (nSPS) is 16.2. The summed E-state index contributed by atoms with van der Waals surface area (Å²) in [4.78, 5) is 22.8. The van der Waals surface area contributed by atoms with Gasteiger partial charge in [-0.1, -0.05) is 0 Å². The van der Waals surface area contributed by atoms with Gasteiger partial charge in [-0.15, -0.1) is 0 Å². The van der Waals surface area contributed by atoms with Crippen LogP contribution >= 0.6 is 0 Å². The zero-order chi connectivity index (χ0) is 18.2. The van der Waals surface area contributed by atoms with Gasteiger partial charge in [-0.05, 0) is 31.5 Å². The molecule has 1 atom stereocenters. The summed E-state index contributed by atoms with van der Waals surface area (Å²) in [6, 6.07) is 3.92. The highest BCUT2D eigenvalue weighted by Gasteiger charge is 2.31. The number of benzene rings is 1. The van der Waals surface area contributed by atoms with E-state index in [0.29, 0.717) is 30.1 Å². The zero-order valence-corrected chi connectivity index (χ0v) is 14.4. The number of rotatable bonds is 8. The van der Waals surface area contributed by atoms with Crippen molar-refractivity contribution in [1.82, 2.24) is 0 Å². The second kappa shape index (κ2) is 9.33. The SMILES string of the molecule is CCOC(=O)CCC(c1ccc(OC)cc1C1OCCCO1)[N+](=O)[O-]. The van der Waals surface area contributed by atoms with Crippen molar-refractivity contribution in [3.05, 3.63) is 39.4 Å². The van der Waals surface area contributed by atoms with Crippen molar-refractivity contribution in [1.29, 1.82) is 0 Å². The van der Waals surface area contributed by atoms with Gasteiger partial charge >= 0.3 is 5.97 Å². The Morgan fingerprint density at radius 2 is 2.12 bits per heavy atom. The molecule has 2 rings (SSSR count). The van der Waals surface area contributed by atoms with Gasteiger partial charge in [0.2, 0.25) is 6.04 Å². The number of nitrogens with zero attached hydrogens (tertiary/aromatic N) is 1. The largest absolute Gasteiger partial charge is 0.497 e. The smallest absolute Gasteiger partial charge is 0.306 e. The summed E-state index contributed by atoms with van der Waals surface area (Å²) in [5.41, 5.74) is 1.02. The molecule has 1 aromatic carbocycles. The highest BCUT2D eigenvalue weighted by Crippen LogP contribution is 2.35. The number of hydrogen-bond donors (Lipinski definition) is 0. The van der Waals surface area contributed by atoms with Crippen LogP contribution < -0.4 is 4.74 Å². The van der Waals surface area contributed by atoms with Crippen LogP contribution in [0.1, 0.15) is 49.6 Å². The first-order valence-electron chi connectivity index (χ1n) is 8.27. The molecule has 138 valence electrons. The topological polar surface area (TPSA) is 97.1 Å². The van der Waals surface area contributed by atoms with Crippen LogP contribution in [-0.4, -0.2) is 37.8 Å². The van der Waals surface area contributed by atoms with Gasteiger partial charge in [0.15, 0.2) is 6.29 Å². The third kappa shape index (κ3) is 5.14. The summed E-state index contributed by atoms with van der Waals surface area (Å²) in [6.07, 6.45) is 0.107. The average molecular weight is 353 g/mol. The average Bonchev–Trinajstić information content (AvgIpc) is 2.62. The standard InChI is InChI=1S/C17H23NO7/c1-3-23-16(19)8-7-15(18(20)21)13-6-5-12(22-2)11-14(13)17-24-9-4-10-25-17/h5-6,11,15,17H,3-4,7-10H2,1-2H3. The minimum absolute atomic E-state index is 0.0304. The van der Waals surface area contributed by atoms with Gasteiger partial charge in [0.25, 0.3) is 0 Å². The summed E-state index contributed by atoms with van der Waals surface area (Å²) < 4.78 is 21.3. The van der Waals surface area contributed by atoms with E-state index in [0.717, 1.165) is 6.42 Å². The van der Waals surface area contributed by atoms with E-state index in [2.05, 4.69) is 0 Å². The Morgan fingerprint density at radius 3 is 2.72 bits per heavy atom. The maximum atomic E-state index is 11.6. The van der Waals surface area contributed by atoms with Crippen molar-refractivity contribution in [2.75, 3.05) is 26.9 Å². The third-order valence-corrected chi connectivity index (χ3v) is 3.92. The van der Waals surface area contributed by atoms with Gasteiger partial charge in [0, 0.05) is 22.5 Å². The van der Waals surface area contributed by atoms with Crippen LogP contribution in [0, 0.1) is 10.1 Å². The van der Waals surface area contributed by atoms with Gasteiger partial charge in [-0.3, -0.25) is 14.9 Å². The van der Waals surface area contributed by atoms with Gasteiger partial charge in [0.1, 0.15) is 5.75 Å². The van der Waals surface area contributed by atoms with Crippen LogP contribution in [0.5, 0.6) is 5.75 Å². The molecule has 1 aliphatic rings.